The Kier molecular flexibility index (Phi) is 7.63. The summed E-state index contributed by atoms with van der Waals surface area (Å²) in [6, 6.07) is 0. The van der Waals surface area contributed by atoms with Crippen molar-refractivity contribution < 1.29 is 9.59 Å². The molecule has 0 aliphatic heterocycles. The zero-order valence-corrected chi connectivity index (χ0v) is 16.8. The number of carbonyl (C=O) groups excluding carboxylic acids is 2. The summed E-state index contributed by atoms with van der Waals surface area (Å²) in [5.41, 5.74) is 2.50. The fourth-order valence-electron chi connectivity index (χ4n) is 3.49. The average Bonchev–Trinajstić information content (AvgIpc) is 2.50. The lowest BCUT2D eigenvalue weighted by Crippen LogP contribution is -2.29. The molecule has 0 amide bonds. The summed E-state index contributed by atoms with van der Waals surface area (Å²) >= 11 is 0. The number of Topliss-reactive ketones (excluding diaryl/α,β-unsaturated/α-hetero) is 2. The molecule has 0 bridgehead atoms. The number of unbranched alkanes of at least 4 members (excludes halogenated alkanes) is 3. The number of hydrogen-bond acceptors (Lipinski definition) is 2. The molecule has 136 valence electrons. The molecule has 24 heavy (non-hydrogen) atoms. The number of rotatable bonds is 8. The molecule has 0 saturated carbocycles. The van der Waals surface area contributed by atoms with Crippen molar-refractivity contribution in [1.82, 2.24) is 0 Å². The summed E-state index contributed by atoms with van der Waals surface area (Å²) in [5, 5.41) is 0. The van der Waals surface area contributed by atoms with Crippen molar-refractivity contribution in [3.8, 4) is 0 Å². The Labute approximate surface area is 148 Å². The topological polar surface area (TPSA) is 34.1 Å². The second kappa shape index (κ2) is 8.78. The average molecular weight is 333 g/mol. The van der Waals surface area contributed by atoms with Crippen LogP contribution in [0.3, 0.4) is 0 Å². The second-order valence-electron chi connectivity index (χ2n) is 8.50. The van der Waals surface area contributed by atoms with E-state index in [0.717, 1.165) is 24.0 Å². The minimum Gasteiger partial charge on any atom is -0.289 e. The third kappa shape index (κ3) is 5.16. The number of ketones is 2. The van der Waals surface area contributed by atoms with E-state index in [1.807, 2.05) is 20.8 Å². The van der Waals surface area contributed by atoms with Crippen LogP contribution in [0.15, 0.2) is 22.3 Å². The highest BCUT2D eigenvalue weighted by molar-refractivity contribution is 6.25. The third-order valence-electron chi connectivity index (χ3n) is 5.23. The molecule has 0 spiro atoms. The summed E-state index contributed by atoms with van der Waals surface area (Å²) in [6.07, 6.45) is 8.08. The molecule has 0 fully saturated rings. The van der Waals surface area contributed by atoms with Gasteiger partial charge in [0.1, 0.15) is 0 Å². The number of carbonyl (C=O) groups is 2. The van der Waals surface area contributed by atoms with Crippen molar-refractivity contribution in [2.45, 2.75) is 93.4 Å². The van der Waals surface area contributed by atoms with E-state index in [1.165, 1.54) is 32.1 Å². The molecule has 2 heteroatoms. The van der Waals surface area contributed by atoms with Crippen LogP contribution < -0.4 is 0 Å². The maximum Gasteiger partial charge on any atom is 0.186 e. The Bertz CT molecular complexity index is 541. The number of allylic oxidation sites excluding steroid dienone is 4. The largest absolute Gasteiger partial charge is 0.289 e. The van der Waals surface area contributed by atoms with E-state index >= 15 is 0 Å². The van der Waals surface area contributed by atoms with Gasteiger partial charge in [0.05, 0.1) is 0 Å². The first-order chi connectivity index (χ1) is 11.1. The third-order valence-corrected chi connectivity index (χ3v) is 5.23. The zero-order valence-electron chi connectivity index (χ0n) is 16.8. The van der Waals surface area contributed by atoms with Crippen LogP contribution >= 0.6 is 0 Å². The molecule has 1 aliphatic carbocycles. The van der Waals surface area contributed by atoms with Crippen LogP contribution in [0.5, 0.6) is 0 Å². The Hall–Kier alpha value is -1.18. The fourth-order valence-corrected chi connectivity index (χ4v) is 3.49. The molecule has 0 heterocycles. The smallest absolute Gasteiger partial charge is 0.186 e. The fraction of sp³-hybridized carbons (Fsp3) is 0.727. The van der Waals surface area contributed by atoms with Crippen LogP contribution in [-0.2, 0) is 9.59 Å². The van der Waals surface area contributed by atoms with Gasteiger partial charge in [0, 0.05) is 22.3 Å². The quantitative estimate of drug-likeness (QED) is 0.391. The molecule has 0 aromatic carbocycles. The monoisotopic (exact) mass is 332 g/mol. The molecule has 1 aliphatic rings. The molecule has 0 saturated heterocycles. The van der Waals surface area contributed by atoms with Gasteiger partial charge in [-0.15, -0.1) is 0 Å². The van der Waals surface area contributed by atoms with Gasteiger partial charge in [-0.2, -0.15) is 0 Å². The van der Waals surface area contributed by atoms with E-state index in [4.69, 9.17) is 0 Å². The molecule has 0 N–H and O–H groups in total. The van der Waals surface area contributed by atoms with Crippen molar-refractivity contribution in [3.05, 3.63) is 22.3 Å². The summed E-state index contributed by atoms with van der Waals surface area (Å²) in [6.45, 7) is 14.2. The van der Waals surface area contributed by atoms with E-state index in [9.17, 15) is 9.59 Å². The molecule has 1 atom stereocenters. The van der Waals surface area contributed by atoms with Crippen molar-refractivity contribution in [2.75, 3.05) is 0 Å². The highest BCUT2D eigenvalue weighted by Crippen LogP contribution is 2.38. The zero-order chi connectivity index (χ0) is 18.5. The van der Waals surface area contributed by atoms with E-state index < -0.39 is 0 Å². The van der Waals surface area contributed by atoms with Gasteiger partial charge in [-0.1, -0.05) is 66.7 Å². The SMILES string of the molecule is CCCCCCC(C)CCC1=C(C(C)(C)C)C(=O)C(C)=C(C)C1=O. The van der Waals surface area contributed by atoms with Gasteiger partial charge in [-0.3, -0.25) is 9.59 Å². The molecule has 2 nitrogen and oxygen atoms in total. The second-order valence-corrected chi connectivity index (χ2v) is 8.50. The van der Waals surface area contributed by atoms with Crippen LogP contribution in [0.1, 0.15) is 93.4 Å². The first kappa shape index (κ1) is 20.9. The molecule has 0 aromatic rings. The van der Waals surface area contributed by atoms with Crippen LogP contribution in [0.25, 0.3) is 0 Å². The Morgan fingerprint density at radius 3 is 2.00 bits per heavy atom. The van der Waals surface area contributed by atoms with Crippen molar-refractivity contribution >= 4 is 11.6 Å². The lowest BCUT2D eigenvalue weighted by Gasteiger charge is -2.30. The first-order valence-corrected chi connectivity index (χ1v) is 9.61. The van der Waals surface area contributed by atoms with Crippen LogP contribution in [-0.4, -0.2) is 11.6 Å². The van der Waals surface area contributed by atoms with E-state index in [-0.39, 0.29) is 17.0 Å². The van der Waals surface area contributed by atoms with Gasteiger partial charge in [0.2, 0.25) is 0 Å². The standard InChI is InChI=1S/C22H36O2/c1-8-9-10-11-12-15(2)13-14-18-19(22(5,6)7)21(24)17(4)16(3)20(18)23/h15H,8-14H2,1-7H3. The number of hydrogen-bond donors (Lipinski definition) is 0. The minimum absolute atomic E-state index is 0.0743. The van der Waals surface area contributed by atoms with Crippen LogP contribution in [0.2, 0.25) is 0 Å². The molecule has 1 unspecified atom stereocenters. The Balaban J connectivity index is 2.86. The Morgan fingerprint density at radius 1 is 0.875 bits per heavy atom. The maximum absolute atomic E-state index is 12.8. The van der Waals surface area contributed by atoms with E-state index in [2.05, 4.69) is 13.8 Å². The van der Waals surface area contributed by atoms with Gasteiger partial charge in [-0.25, -0.2) is 0 Å². The van der Waals surface area contributed by atoms with Crippen LogP contribution in [0, 0.1) is 11.3 Å². The Morgan fingerprint density at radius 2 is 1.46 bits per heavy atom. The normalized spacial score (nSPS) is 17.8. The van der Waals surface area contributed by atoms with Gasteiger partial charge in [-0.05, 0) is 38.0 Å². The molecular formula is C22H36O2. The highest BCUT2D eigenvalue weighted by atomic mass is 16.1. The van der Waals surface area contributed by atoms with Crippen LogP contribution in [0.4, 0.5) is 0 Å². The summed E-state index contributed by atoms with van der Waals surface area (Å²) in [4.78, 5) is 25.5. The van der Waals surface area contributed by atoms with Crippen molar-refractivity contribution in [2.24, 2.45) is 11.3 Å². The van der Waals surface area contributed by atoms with Gasteiger partial charge in [0.25, 0.3) is 0 Å². The van der Waals surface area contributed by atoms with Crippen molar-refractivity contribution in [3.63, 3.8) is 0 Å². The van der Waals surface area contributed by atoms with Crippen molar-refractivity contribution in [1.29, 1.82) is 0 Å². The molecule has 0 aromatic heterocycles. The molecule has 0 radical (unpaired) electrons. The summed E-state index contributed by atoms with van der Waals surface area (Å²) in [5.74, 6) is 0.770. The summed E-state index contributed by atoms with van der Waals surface area (Å²) < 4.78 is 0. The molecule has 1 rings (SSSR count). The van der Waals surface area contributed by atoms with E-state index in [1.54, 1.807) is 13.8 Å². The lowest BCUT2D eigenvalue weighted by atomic mass is 9.72. The van der Waals surface area contributed by atoms with Gasteiger partial charge in [0.15, 0.2) is 11.6 Å². The van der Waals surface area contributed by atoms with Gasteiger partial charge >= 0.3 is 0 Å². The predicted molar refractivity (Wildman–Crippen MR) is 102 cm³/mol. The lowest BCUT2D eigenvalue weighted by molar-refractivity contribution is -0.117. The minimum atomic E-state index is -0.283. The van der Waals surface area contributed by atoms with E-state index in [0.29, 0.717) is 17.1 Å². The maximum atomic E-state index is 12.8. The predicted octanol–water partition coefficient (Wildman–Crippen LogP) is 6.20. The molecular weight excluding hydrogens is 296 g/mol. The highest BCUT2D eigenvalue weighted by Gasteiger charge is 2.35. The summed E-state index contributed by atoms with van der Waals surface area (Å²) in [7, 11) is 0. The van der Waals surface area contributed by atoms with Gasteiger partial charge < -0.3 is 0 Å². The first-order valence-electron chi connectivity index (χ1n) is 9.61.